The highest BCUT2D eigenvalue weighted by atomic mass is 35.5. The summed E-state index contributed by atoms with van der Waals surface area (Å²) in [5, 5.41) is 8.68. The molecule has 0 spiro atoms. The summed E-state index contributed by atoms with van der Waals surface area (Å²) in [6.45, 7) is 3.69. The van der Waals surface area contributed by atoms with Crippen LogP contribution in [0.25, 0.3) is 11.5 Å². The van der Waals surface area contributed by atoms with Gasteiger partial charge in [-0.2, -0.15) is 0 Å². The van der Waals surface area contributed by atoms with Crippen LogP contribution in [0.4, 0.5) is 0 Å². The van der Waals surface area contributed by atoms with E-state index in [2.05, 4.69) is 34.5 Å². The van der Waals surface area contributed by atoms with Crippen molar-refractivity contribution in [2.75, 3.05) is 19.6 Å². The highest BCUT2D eigenvalue weighted by Crippen LogP contribution is 2.42. The van der Waals surface area contributed by atoms with E-state index in [0.29, 0.717) is 24.2 Å². The lowest BCUT2D eigenvalue weighted by atomic mass is 9.74. The molecule has 4 fully saturated rings. The molecule has 4 aliphatic rings. The van der Waals surface area contributed by atoms with E-state index in [4.69, 9.17) is 9.15 Å². The normalized spacial score (nSPS) is 26.6. The molecule has 7 heteroatoms. The van der Waals surface area contributed by atoms with Gasteiger partial charge in [0.25, 0.3) is 5.89 Å². The van der Waals surface area contributed by atoms with E-state index in [1.807, 2.05) is 36.4 Å². The Labute approximate surface area is 225 Å². The molecule has 2 aromatic carbocycles. The molecule has 6 nitrogen and oxygen atoms in total. The summed E-state index contributed by atoms with van der Waals surface area (Å²) in [7, 11) is 0. The second-order valence-electron chi connectivity index (χ2n) is 11.1. The van der Waals surface area contributed by atoms with E-state index in [0.717, 1.165) is 73.8 Å². The zero-order chi connectivity index (χ0) is 24.4. The monoisotopic (exact) mass is 521 g/mol. The van der Waals surface area contributed by atoms with Gasteiger partial charge in [-0.25, -0.2) is 0 Å². The summed E-state index contributed by atoms with van der Waals surface area (Å²) < 4.78 is 13.4. The van der Waals surface area contributed by atoms with Crippen molar-refractivity contribution in [3.8, 4) is 11.5 Å². The average molecular weight is 522 g/mol. The third kappa shape index (κ3) is 5.19. The highest BCUT2D eigenvalue weighted by molar-refractivity contribution is 5.83. The molecule has 196 valence electrons. The van der Waals surface area contributed by atoms with Crippen LogP contribution >= 0.6 is 0 Å². The Kier molecular flexibility index (Phi) is 7.68. The molecule has 1 aromatic heterocycles. The predicted molar refractivity (Wildman–Crippen MR) is 137 cm³/mol. The molecule has 1 saturated carbocycles. The summed E-state index contributed by atoms with van der Waals surface area (Å²) in [4.78, 5) is 14.0. The van der Waals surface area contributed by atoms with Gasteiger partial charge >= 0.3 is 5.97 Å². The van der Waals surface area contributed by atoms with Gasteiger partial charge in [0.05, 0.1) is 18.5 Å². The maximum Gasteiger partial charge on any atom is 0.317 e. The van der Waals surface area contributed by atoms with Crippen LogP contribution in [0.2, 0.25) is 0 Å². The first-order valence-corrected chi connectivity index (χ1v) is 13.7. The van der Waals surface area contributed by atoms with Gasteiger partial charge in [-0.3, -0.25) is 4.79 Å². The lowest BCUT2D eigenvalue weighted by Gasteiger charge is -2.51. The van der Waals surface area contributed by atoms with Crippen molar-refractivity contribution >= 4 is 5.97 Å². The number of aromatic nitrogens is 2. The maximum absolute atomic E-state index is 14.0. The van der Waals surface area contributed by atoms with Crippen molar-refractivity contribution in [3.05, 3.63) is 72.1 Å². The minimum Gasteiger partial charge on any atom is -1.00 e. The van der Waals surface area contributed by atoms with Crippen LogP contribution in [0.5, 0.6) is 0 Å². The lowest BCUT2D eigenvalue weighted by Crippen LogP contribution is -3.00. The largest absolute Gasteiger partial charge is 1.00 e. The molecule has 7 rings (SSSR count). The molecule has 0 N–H and O–H groups in total. The molecule has 0 amide bonds. The first-order chi connectivity index (χ1) is 17.7. The molecular weight excluding hydrogens is 486 g/mol. The summed E-state index contributed by atoms with van der Waals surface area (Å²) >= 11 is 0. The van der Waals surface area contributed by atoms with Crippen molar-refractivity contribution in [1.82, 2.24) is 10.2 Å². The summed E-state index contributed by atoms with van der Waals surface area (Å²) in [6.07, 6.45) is 8.45. The first kappa shape index (κ1) is 25.9. The number of carbonyl (C=O) groups excluding carboxylic acids is 1. The van der Waals surface area contributed by atoms with Crippen LogP contribution in [0.15, 0.2) is 65.1 Å². The number of halogens is 1. The SMILES string of the molecule is O=C(OC1C[N+]2(Cc3nnc(-c4ccccc4)o3)CCC1CC2)C1(c2ccccc2)CCCCCC1.[Cl-]. The van der Waals surface area contributed by atoms with E-state index in [1.165, 1.54) is 12.8 Å². The molecule has 2 bridgehead atoms. The van der Waals surface area contributed by atoms with E-state index in [9.17, 15) is 4.79 Å². The molecule has 0 radical (unpaired) electrons. The Morgan fingerprint density at radius 3 is 2.24 bits per heavy atom. The van der Waals surface area contributed by atoms with Gasteiger partial charge in [-0.1, -0.05) is 74.2 Å². The highest BCUT2D eigenvalue weighted by Gasteiger charge is 2.51. The fraction of sp³-hybridized carbons (Fsp3) is 0.500. The summed E-state index contributed by atoms with van der Waals surface area (Å²) in [5.41, 5.74) is 1.56. The third-order valence-corrected chi connectivity index (χ3v) is 8.93. The molecule has 3 aliphatic heterocycles. The van der Waals surface area contributed by atoms with Crippen LogP contribution in [-0.2, 0) is 21.5 Å². The van der Waals surface area contributed by atoms with Crippen LogP contribution < -0.4 is 12.4 Å². The Morgan fingerprint density at radius 2 is 1.57 bits per heavy atom. The van der Waals surface area contributed by atoms with Crippen LogP contribution in [-0.4, -0.2) is 46.4 Å². The minimum atomic E-state index is -0.508. The smallest absolute Gasteiger partial charge is 0.317 e. The number of carbonyl (C=O) groups is 1. The third-order valence-electron chi connectivity index (χ3n) is 8.93. The van der Waals surface area contributed by atoms with E-state index < -0.39 is 5.41 Å². The fourth-order valence-electron chi connectivity index (χ4n) is 6.83. The van der Waals surface area contributed by atoms with Gasteiger partial charge in [0.15, 0.2) is 12.6 Å². The minimum absolute atomic E-state index is 0. The summed E-state index contributed by atoms with van der Waals surface area (Å²) in [5.74, 6) is 1.69. The van der Waals surface area contributed by atoms with Crippen LogP contribution in [0.3, 0.4) is 0 Å². The van der Waals surface area contributed by atoms with Crippen molar-refractivity contribution < 1.29 is 30.8 Å². The average Bonchev–Trinajstić information content (AvgIpc) is 3.23. The molecule has 3 aromatic rings. The molecular formula is C30H36ClN3O3. The van der Waals surface area contributed by atoms with Gasteiger partial charge in [-0.05, 0) is 30.5 Å². The molecule has 1 aliphatic carbocycles. The molecule has 1 unspecified atom stereocenters. The fourth-order valence-corrected chi connectivity index (χ4v) is 6.83. The second-order valence-corrected chi connectivity index (χ2v) is 11.1. The Balaban J connectivity index is 0.00000280. The molecule has 4 heterocycles. The van der Waals surface area contributed by atoms with E-state index >= 15 is 0 Å². The Bertz CT molecular complexity index is 1170. The number of rotatable bonds is 6. The number of esters is 1. The quantitative estimate of drug-likeness (QED) is 0.283. The zero-order valence-electron chi connectivity index (χ0n) is 21.4. The van der Waals surface area contributed by atoms with Gasteiger partial charge in [0, 0.05) is 24.3 Å². The number of fused-ring (bicyclic) bond motifs is 3. The van der Waals surface area contributed by atoms with Crippen molar-refractivity contribution in [1.29, 1.82) is 0 Å². The Morgan fingerprint density at radius 1 is 0.919 bits per heavy atom. The maximum atomic E-state index is 14.0. The summed E-state index contributed by atoms with van der Waals surface area (Å²) in [6, 6.07) is 20.3. The van der Waals surface area contributed by atoms with Gasteiger partial charge in [0.2, 0.25) is 5.89 Å². The lowest BCUT2D eigenvalue weighted by molar-refractivity contribution is -0.959. The molecule has 1 atom stereocenters. The van der Waals surface area contributed by atoms with Gasteiger partial charge in [0.1, 0.15) is 6.54 Å². The number of ether oxygens (including phenoxy) is 1. The zero-order valence-corrected chi connectivity index (χ0v) is 22.1. The second kappa shape index (κ2) is 11.0. The van der Waals surface area contributed by atoms with Crippen LogP contribution in [0, 0.1) is 5.92 Å². The first-order valence-electron chi connectivity index (χ1n) is 13.7. The number of quaternary nitrogens is 1. The van der Waals surface area contributed by atoms with Crippen molar-refractivity contribution in [3.63, 3.8) is 0 Å². The van der Waals surface area contributed by atoms with Crippen LogP contribution in [0.1, 0.15) is 62.8 Å². The number of hydrogen-bond donors (Lipinski definition) is 0. The van der Waals surface area contributed by atoms with E-state index in [-0.39, 0.29) is 24.5 Å². The number of hydrogen-bond acceptors (Lipinski definition) is 5. The number of piperidine rings is 3. The van der Waals surface area contributed by atoms with Crippen molar-refractivity contribution in [2.24, 2.45) is 5.92 Å². The number of benzene rings is 2. The topological polar surface area (TPSA) is 65.2 Å². The molecule has 3 saturated heterocycles. The molecule has 37 heavy (non-hydrogen) atoms. The number of nitrogens with zero attached hydrogens (tertiary/aromatic N) is 3. The van der Waals surface area contributed by atoms with E-state index in [1.54, 1.807) is 0 Å². The predicted octanol–water partition coefficient (Wildman–Crippen LogP) is 2.69. The van der Waals surface area contributed by atoms with Crippen molar-refractivity contribution in [2.45, 2.75) is 69.4 Å². The Hall–Kier alpha value is -2.70. The standard InChI is InChI=1S/C30H36N3O3.ClH/c34-29(30(17-9-1-2-10-18-30)25-13-7-4-8-14-25)35-26-21-33(19-15-23(26)16-20-33)22-27-31-32-28(36-27)24-11-5-3-6-12-24;/h3-8,11-14,23,26H,1-2,9-10,15-22H2;1H/q+1;/p-1. The van der Waals surface area contributed by atoms with Gasteiger partial charge < -0.3 is 26.0 Å². The van der Waals surface area contributed by atoms with Gasteiger partial charge in [-0.15, -0.1) is 10.2 Å².